The quantitative estimate of drug-likeness (QED) is 0.848. The van der Waals surface area contributed by atoms with E-state index in [9.17, 15) is 4.79 Å². The molecule has 1 fully saturated rings. The number of nitrogens with zero attached hydrogens (tertiary/aromatic N) is 1. The van der Waals surface area contributed by atoms with Gasteiger partial charge in [0.2, 0.25) is 5.91 Å². The highest BCUT2D eigenvalue weighted by Crippen LogP contribution is 2.17. The van der Waals surface area contributed by atoms with Gasteiger partial charge in [-0.25, -0.2) is 0 Å². The fourth-order valence-electron chi connectivity index (χ4n) is 1.82. The van der Waals surface area contributed by atoms with Crippen molar-refractivity contribution in [2.45, 2.75) is 6.42 Å². The SMILES string of the molecule is O=C(Cc1cccc(I)c1)N1CC(CO)C1. The maximum absolute atomic E-state index is 11.8. The van der Waals surface area contributed by atoms with Crippen LogP contribution in [0.2, 0.25) is 0 Å². The van der Waals surface area contributed by atoms with E-state index >= 15 is 0 Å². The summed E-state index contributed by atoms with van der Waals surface area (Å²) in [5.74, 6) is 0.451. The van der Waals surface area contributed by atoms with Crippen LogP contribution in [0.4, 0.5) is 0 Å². The number of hydrogen-bond acceptors (Lipinski definition) is 2. The van der Waals surface area contributed by atoms with Crippen molar-refractivity contribution in [3.8, 4) is 0 Å². The Labute approximate surface area is 109 Å². The van der Waals surface area contributed by atoms with Crippen molar-refractivity contribution in [2.75, 3.05) is 19.7 Å². The van der Waals surface area contributed by atoms with E-state index < -0.39 is 0 Å². The van der Waals surface area contributed by atoms with Crippen LogP contribution in [0.3, 0.4) is 0 Å². The van der Waals surface area contributed by atoms with Gasteiger partial charge in [0.05, 0.1) is 6.42 Å². The molecule has 0 unspecified atom stereocenters. The topological polar surface area (TPSA) is 40.5 Å². The van der Waals surface area contributed by atoms with Gasteiger partial charge in [0.25, 0.3) is 0 Å². The minimum atomic E-state index is 0.159. The number of hydrogen-bond donors (Lipinski definition) is 1. The molecule has 86 valence electrons. The molecule has 2 rings (SSSR count). The van der Waals surface area contributed by atoms with Crippen LogP contribution in [0.25, 0.3) is 0 Å². The average Bonchev–Trinajstić information content (AvgIpc) is 2.15. The summed E-state index contributed by atoms with van der Waals surface area (Å²) in [7, 11) is 0. The number of rotatable bonds is 3. The Morgan fingerprint density at radius 2 is 2.25 bits per heavy atom. The minimum absolute atomic E-state index is 0.159. The van der Waals surface area contributed by atoms with Crippen LogP contribution in [-0.4, -0.2) is 35.6 Å². The zero-order valence-electron chi connectivity index (χ0n) is 8.90. The lowest BCUT2D eigenvalue weighted by Crippen LogP contribution is -2.51. The number of aliphatic hydroxyl groups is 1. The average molecular weight is 331 g/mol. The first-order valence-corrected chi connectivity index (χ1v) is 6.40. The normalized spacial score (nSPS) is 16.0. The lowest BCUT2D eigenvalue weighted by Gasteiger charge is -2.38. The molecule has 1 heterocycles. The summed E-state index contributed by atoms with van der Waals surface area (Å²) < 4.78 is 1.15. The molecule has 1 amide bonds. The highest BCUT2D eigenvalue weighted by Gasteiger charge is 2.29. The van der Waals surface area contributed by atoms with Gasteiger partial charge in [0.1, 0.15) is 0 Å². The number of amides is 1. The van der Waals surface area contributed by atoms with Crippen molar-refractivity contribution in [3.05, 3.63) is 33.4 Å². The van der Waals surface area contributed by atoms with E-state index in [0.29, 0.717) is 25.4 Å². The van der Waals surface area contributed by atoms with Gasteiger partial charge < -0.3 is 10.0 Å². The van der Waals surface area contributed by atoms with Crippen molar-refractivity contribution in [1.29, 1.82) is 0 Å². The summed E-state index contributed by atoms with van der Waals surface area (Å²) in [5, 5.41) is 8.87. The van der Waals surface area contributed by atoms with Gasteiger partial charge in [-0.05, 0) is 40.3 Å². The van der Waals surface area contributed by atoms with Crippen molar-refractivity contribution in [3.63, 3.8) is 0 Å². The van der Waals surface area contributed by atoms with Crippen LogP contribution in [0, 0.1) is 9.49 Å². The number of carbonyl (C=O) groups excluding carboxylic acids is 1. The van der Waals surface area contributed by atoms with Crippen molar-refractivity contribution in [2.24, 2.45) is 5.92 Å². The van der Waals surface area contributed by atoms with E-state index in [-0.39, 0.29) is 12.5 Å². The number of carbonyl (C=O) groups is 1. The zero-order valence-corrected chi connectivity index (χ0v) is 11.1. The largest absolute Gasteiger partial charge is 0.396 e. The van der Waals surface area contributed by atoms with Gasteiger partial charge in [-0.15, -0.1) is 0 Å². The molecule has 1 N–H and O–H groups in total. The molecule has 0 bridgehead atoms. The van der Waals surface area contributed by atoms with Crippen molar-refractivity contribution in [1.82, 2.24) is 4.90 Å². The third-order valence-corrected chi connectivity index (χ3v) is 3.48. The van der Waals surface area contributed by atoms with Gasteiger partial charge in [0.15, 0.2) is 0 Å². The smallest absolute Gasteiger partial charge is 0.227 e. The monoisotopic (exact) mass is 331 g/mol. The minimum Gasteiger partial charge on any atom is -0.396 e. The molecular weight excluding hydrogens is 317 g/mol. The Bertz CT molecular complexity index is 388. The molecule has 16 heavy (non-hydrogen) atoms. The first-order valence-electron chi connectivity index (χ1n) is 5.32. The molecule has 1 aromatic carbocycles. The van der Waals surface area contributed by atoms with Crippen molar-refractivity contribution < 1.29 is 9.90 Å². The van der Waals surface area contributed by atoms with Crippen LogP contribution in [0.5, 0.6) is 0 Å². The van der Waals surface area contributed by atoms with E-state index in [1.54, 1.807) is 4.90 Å². The molecule has 1 aliphatic rings. The lowest BCUT2D eigenvalue weighted by atomic mass is 10.00. The highest BCUT2D eigenvalue weighted by molar-refractivity contribution is 14.1. The van der Waals surface area contributed by atoms with Crippen LogP contribution in [0.1, 0.15) is 5.56 Å². The Hall–Kier alpha value is -0.620. The predicted octanol–water partition coefficient (Wildman–Crippen LogP) is 1.28. The molecule has 0 aliphatic carbocycles. The van der Waals surface area contributed by atoms with Gasteiger partial charge in [-0.3, -0.25) is 4.79 Å². The summed E-state index contributed by atoms with van der Waals surface area (Å²) in [6.45, 7) is 1.60. The molecule has 0 aromatic heterocycles. The third-order valence-electron chi connectivity index (χ3n) is 2.81. The molecule has 4 heteroatoms. The summed E-state index contributed by atoms with van der Waals surface area (Å²) in [4.78, 5) is 13.6. The summed E-state index contributed by atoms with van der Waals surface area (Å²) >= 11 is 2.24. The second-order valence-electron chi connectivity index (χ2n) is 4.15. The molecule has 0 saturated carbocycles. The van der Waals surface area contributed by atoms with Crippen LogP contribution in [0.15, 0.2) is 24.3 Å². The molecule has 1 saturated heterocycles. The molecule has 0 radical (unpaired) electrons. The fraction of sp³-hybridized carbons (Fsp3) is 0.417. The Kier molecular flexibility index (Phi) is 3.81. The number of benzene rings is 1. The second kappa shape index (κ2) is 5.14. The van der Waals surface area contributed by atoms with Crippen LogP contribution < -0.4 is 0 Å². The first kappa shape index (κ1) is 11.9. The number of likely N-dealkylation sites (tertiary alicyclic amines) is 1. The molecule has 0 atom stereocenters. The van der Waals surface area contributed by atoms with Gasteiger partial charge in [-0.2, -0.15) is 0 Å². The molecule has 1 aromatic rings. The van der Waals surface area contributed by atoms with E-state index in [1.807, 2.05) is 24.3 Å². The molecule has 0 spiro atoms. The summed E-state index contributed by atoms with van der Waals surface area (Å²) in [5.41, 5.74) is 1.06. The number of aliphatic hydroxyl groups excluding tert-OH is 1. The van der Waals surface area contributed by atoms with E-state index in [1.165, 1.54) is 0 Å². The summed E-state index contributed by atoms with van der Waals surface area (Å²) in [6, 6.07) is 7.99. The molecule has 3 nitrogen and oxygen atoms in total. The predicted molar refractivity (Wildman–Crippen MR) is 70.0 cm³/mol. The maximum atomic E-state index is 11.8. The van der Waals surface area contributed by atoms with Crippen molar-refractivity contribution >= 4 is 28.5 Å². The third kappa shape index (κ3) is 2.74. The molecular formula is C12H14INO2. The van der Waals surface area contributed by atoms with E-state index in [4.69, 9.17) is 5.11 Å². The Morgan fingerprint density at radius 3 is 2.88 bits per heavy atom. The van der Waals surface area contributed by atoms with Gasteiger partial charge >= 0.3 is 0 Å². The zero-order chi connectivity index (χ0) is 11.5. The Morgan fingerprint density at radius 1 is 1.50 bits per heavy atom. The number of halogens is 1. The second-order valence-corrected chi connectivity index (χ2v) is 5.40. The fourth-order valence-corrected chi connectivity index (χ4v) is 2.43. The van der Waals surface area contributed by atoms with Gasteiger partial charge in [-0.1, -0.05) is 12.1 Å². The lowest BCUT2D eigenvalue weighted by molar-refractivity contribution is -0.137. The Balaban J connectivity index is 1.89. The van der Waals surface area contributed by atoms with E-state index in [2.05, 4.69) is 22.6 Å². The highest BCUT2D eigenvalue weighted by atomic mass is 127. The van der Waals surface area contributed by atoms with Crippen LogP contribution in [-0.2, 0) is 11.2 Å². The maximum Gasteiger partial charge on any atom is 0.227 e. The standard InChI is InChI=1S/C12H14INO2/c13-11-3-1-2-9(4-11)5-12(16)14-6-10(7-14)8-15/h1-4,10,15H,5-8H2. The summed E-state index contributed by atoms with van der Waals surface area (Å²) in [6.07, 6.45) is 0.467. The van der Waals surface area contributed by atoms with E-state index in [0.717, 1.165) is 9.13 Å². The first-order chi connectivity index (χ1) is 7.69. The van der Waals surface area contributed by atoms with Crippen LogP contribution >= 0.6 is 22.6 Å². The van der Waals surface area contributed by atoms with Gasteiger partial charge in [0, 0.05) is 29.2 Å². The molecule has 1 aliphatic heterocycles.